The standard InChI is InChI=1S/C18H21N5O2/c1-12(24)17-11-20-22-23(17)16-7-14(8-16)19-10-15-9-18(25-21-15)13-5-3-2-4-6-13/h2-6,9,11-12,14,16,19,24H,7-8,10H2,1H3/t12-,14-,16-/m0/s1. The van der Waals surface area contributed by atoms with Crippen LogP contribution in [0.1, 0.15) is 43.3 Å². The average Bonchev–Trinajstić information content (AvgIpc) is 3.23. The van der Waals surface area contributed by atoms with Crippen molar-refractivity contribution in [1.29, 1.82) is 0 Å². The number of hydrogen-bond donors (Lipinski definition) is 2. The predicted octanol–water partition coefficient (Wildman–Crippen LogP) is 2.48. The molecule has 7 nitrogen and oxygen atoms in total. The highest BCUT2D eigenvalue weighted by Crippen LogP contribution is 2.33. The molecule has 2 heterocycles. The second-order valence-electron chi connectivity index (χ2n) is 6.53. The summed E-state index contributed by atoms with van der Waals surface area (Å²) in [7, 11) is 0. The van der Waals surface area contributed by atoms with Crippen LogP contribution in [0.15, 0.2) is 47.1 Å². The van der Waals surface area contributed by atoms with Gasteiger partial charge in [0.2, 0.25) is 0 Å². The van der Waals surface area contributed by atoms with E-state index in [0.717, 1.165) is 35.6 Å². The third-order valence-electron chi connectivity index (χ3n) is 4.68. The number of nitrogens with zero attached hydrogens (tertiary/aromatic N) is 4. The Morgan fingerprint density at radius 3 is 2.88 bits per heavy atom. The topological polar surface area (TPSA) is 89.0 Å². The first kappa shape index (κ1) is 16.0. The lowest BCUT2D eigenvalue weighted by atomic mass is 9.86. The smallest absolute Gasteiger partial charge is 0.167 e. The summed E-state index contributed by atoms with van der Waals surface area (Å²) in [4.78, 5) is 0. The Hall–Kier alpha value is -2.51. The summed E-state index contributed by atoms with van der Waals surface area (Å²) < 4.78 is 7.26. The summed E-state index contributed by atoms with van der Waals surface area (Å²) in [6.45, 7) is 2.41. The van der Waals surface area contributed by atoms with Gasteiger partial charge in [0, 0.05) is 24.2 Å². The largest absolute Gasteiger partial charge is 0.387 e. The molecule has 0 radical (unpaired) electrons. The van der Waals surface area contributed by atoms with Crippen molar-refractivity contribution in [1.82, 2.24) is 25.5 Å². The lowest BCUT2D eigenvalue weighted by molar-refractivity contribution is 0.156. The van der Waals surface area contributed by atoms with E-state index in [9.17, 15) is 5.11 Å². The highest BCUT2D eigenvalue weighted by molar-refractivity contribution is 5.56. The summed E-state index contributed by atoms with van der Waals surface area (Å²) >= 11 is 0. The minimum absolute atomic E-state index is 0.293. The van der Waals surface area contributed by atoms with Gasteiger partial charge in [-0.1, -0.05) is 40.7 Å². The molecule has 0 spiro atoms. The number of nitrogens with one attached hydrogen (secondary N) is 1. The molecule has 2 aromatic heterocycles. The van der Waals surface area contributed by atoms with E-state index >= 15 is 0 Å². The molecule has 3 aromatic rings. The fourth-order valence-corrected chi connectivity index (χ4v) is 3.17. The molecule has 1 aliphatic carbocycles. The van der Waals surface area contributed by atoms with Crippen LogP contribution in [0.2, 0.25) is 0 Å². The highest BCUT2D eigenvalue weighted by Gasteiger charge is 2.32. The van der Waals surface area contributed by atoms with E-state index in [4.69, 9.17) is 4.52 Å². The average molecular weight is 339 g/mol. The number of rotatable bonds is 6. The number of benzene rings is 1. The molecule has 1 atom stereocenters. The molecule has 25 heavy (non-hydrogen) atoms. The van der Waals surface area contributed by atoms with Gasteiger partial charge in [0.25, 0.3) is 0 Å². The van der Waals surface area contributed by atoms with E-state index < -0.39 is 6.10 Å². The molecular weight excluding hydrogens is 318 g/mol. The zero-order chi connectivity index (χ0) is 17.2. The van der Waals surface area contributed by atoms with Crippen LogP contribution in [-0.4, -0.2) is 31.3 Å². The zero-order valence-corrected chi connectivity index (χ0v) is 14.0. The van der Waals surface area contributed by atoms with Gasteiger partial charge in [-0.15, -0.1) is 5.10 Å². The fourth-order valence-electron chi connectivity index (χ4n) is 3.17. The fraction of sp³-hybridized carbons (Fsp3) is 0.389. The molecule has 0 saturated heterocycles. The Morgan fingerprint density at radius 2 is 2.12 bits per heavy atom. The molecule has 1 aromatic carbocycles. The van der Waals surface area contributed by atoms with Crippen molar-refractivity contribution in [2.24, 2.45) is 0 Å². The van der Waals surface area contributed by atoms with Gasteiger partial charge in [0.15, 0.2) is 5.76 Å². The molecule has 0 bridgehead atoms. The second kappa shape index (κ2) is 6.78. The van der Waals surface area contributed by atoms with Crippen molar-refractivity contribution in [3.63, 3.8) is 0 Å². The number of aromatic nitrogens is 4. The second-order valence-corrected chi connectivity index (χ2v) is 6.53. The van der Waals surface area contributed by atoms with Crippen LogP contribution in [0.4, 0.5) is 0 Å². The first-order valence-electron chi connectivity index (χ1n) is 8.53. The SMILES string of the molecule is C[C@H](O)c1cnnn1[C@H]1C[C@H](NCc2cc(-c3ccccc3)on2)C1. The van der Waals surface area contributed by atoms with E-state index in [1.165, 1.54) is 0 Å². The highest BCUT2D eigenvalue weighted by atomic mass is 16.5. The van der Waals surface area contributed by atoms with Crippen molar-refractivity contribution in [3.8, 4) is 11.3 Å². The van der Waals surface area contributed by atoms with E-state index in [2.05, 4.69) is 20.8 Å². The maximum Gasteiger partial charge on any atom is 0.167 e. The van der Waals surface area contributed by atoms with Crippen LogP contribution in [0.25, 0.3) is 11.3 Å². The minimum Gasteiger partial charge on any atom is -0.387 e. The van der Waals surface area contributed by atoms with Gasteiger partial charge in [0.05, 0.1) is 29.7 Å². The molecule has 130 valence electrons. The van der Waals surface area contributed by atoms with Gasteiger partial charge in [-0.25, -0.2) is 4.68 Å². The van der Waals surface area contributed by atoms with Crippen LogP contribution in [-0.2, 0) is 6.54 Å². The minimum atomic E-state index is -0.548. The van der Waals surface area contributed by atoms with Crippen LogP contribution < -0.4 is 5.32 Å². The Kier molecular flexibility index (Phi) is 4.33. The normalized spacial score (nSPS) is 21.0. The molecule has 4 rings (SSSR count). The summed E-state index contributed by atoms with van der Waals surface area (Å²) in [6.07, 6.45) is 3.01. The third kappa shape index (κ3) is 3.33. The Labute approximate surface area is 145 Å². The number of hydrogen-bond acceptors (Lipinski definition) is 6. The summed E-state index contributed by atoms with van der Waals surface area (Å²) in [5.41, 5.74) is 2.70. The first-order valence-corrected chi connectivity index (χ1v) is 8.53. The molecule has 0 aliphatic heterocycles. The van der Waals surface area contributed by atoms with Crippen LogP contribution >= 0.6 is 0 Å². The van der Waals surface area contributed by atoms with Crippen molar-refractivity contribution in [2.75, 3.05) is 0 Å². The van der Waals surface area contributed by atoms with Gasteiger partial charge in [0.1, 0.15) is 0 Å². The van der Waals surface area contributed by atoms with Crippen molar-refractivity contribution in [2.45, 2.75) is 44.5 Å². The van der Waals surface area contributed by atoms with Gasteiger partial charge >= 0.3 is 0 Å². The van der Waals surface area contributed by atoms with Crippen molar-refractivity contribution < 1.29 is 9.63 Å². The van der Waals surface area contributed by atoms with Crippen molar-refractivity contribution in [3.05, 3.63) is 54.0 Å². The van der Waals surface area contributed by atoms with Crippen molar-refractivity contribution >= 4 is 0 Å². The van der Waals surface area contributed by atoms with Crippen LogP contribution in [0.5, 0.6) is 0 Å². The molecular formula is C18H21N5O2. The van der Waals surface area contributed by atoms with Gasteiger partial charge < -0.3 is 14.9 Å². The number of aliphatic hydroxyl groups is 1. The van der Waals surface area contributed by atoms with Crippen LogP contribution in [0.3, 0.4) is 0 Å². The summed E-state index contributed by atoms with van der Waals surface area (Å²) in [6, 6.07) is 12.6. The Balaban J connectivity index is 1.30. The monoisotopic (exact) mass is 339 g/mol. The van der Waals surface area contributed by atoms with Gasteiger partial charge in [-0.05, 0) is 19.8 Å². The lowest BCUT2D eigenvalue weighted by Crippen LogP contribution is -2.42. The first-order chi connectivity index (χ1) is 12.2. The van der Waals surface area contributed by atoms with Gasteiger partial charge in [-0.2, -0.15) is 0 Å². The summed E-state index contributed by atoms with van der Waals surface area (Å²) in [5.74, 6) is 0.785. The van der Waals surface area contributed by atoms with Gasteiger partial charge in [-0.3, -0.25) is 0 Å². The van der Waals surface area contributed by atoms with E-state index in [1.54, 1.807) is 13.1 Å². The molecule has 1 fully saturated rings. The number of aliphatic hydroxyl groups excluding tert-OH is 1. The van der Waals surface area contributed by atoms with E-state index in [-0.39, 0.29) is 0 Å². The quantitative estimate of drug-likeness (QED) is 0.717. The summed E-state index contributed by atoms with van der Waals surface area (Å²) in [5, 5.41) is 25.4. The van der Waals surface area contributed by atoms with E-state index in [0.29, 0.717) is 18.6 Å². The predicted molar refractivity (Wildman–Crippen MR) is 91.5 cm³/mol. The molecule has 0 unspecified atom stereocenters. The third-order valence-corrected chi connectivity index (χ3v) is 4.68. The maximum absolute atomic E-state index is 9.74. The molecule has 1 aliphatic rings. The molecule has 0 amide bonds. The maximum atomic E-state index is 9.74. The van der Waals surface area contributed by atoms with Crippen LogP contribution in [0, 0.1) is 0 Å². The molecule has 1 saturated carbocycles. The zero-order valence-electron chi connectivity index (χ0n) is 14.0. The Bertz CT molecular complexity index is 821. The lowest BCUT2D eigenvalue weighted by Gasteiger charge is -2.36. The molecule has 7 heteroatoms. The Morgan fingerprint density at radius 1 is 1.32 bits per heavy atom. The van der Waals surface area contributed by atoms with E-state index in [1.807, 2.05) is 41.1 Å². The molecule has 2 N–H and O–H groups in total.